The molecule has 1 N–H and O–H groups in total. The fourth-order valence-electron chi connectivity index (χ4n) is 2.87. The van der Waals surface area contributed by atoms with Gasteiger partial charge < -0.3 is 5.32 Å². The number of hydrogen-bond acceptors (Lipinski definition) is 3. The Morgan fingerprint density at radius 3 is 2.38 bits per heavy atom. The summed E-state index contributed by atoms with van der Waals surface area (Å²) in [4.78, 5) is 17.4. The number of benzene rings is 3. The summed E-state index contributed by atoms with van der Waals surface area (Å²) >= 11 is 6.38. The van der Waals surface area contributed by atoms with Gasteiger partial charge >= 0.3 is 0 Å². The van der Waals surface area contributed by atoms with Crippen molar-refractivity contribution in [2.45, 2.75) is 0 Å². The number of carbonyl (C=O) groups excluding carboxylic acids is 1. The van der Waals surface area contributed by atoms with E-state index >= 15 is 0 Å². The fourth-order valence-corrected chi connectivity index (χ4v) is 3.13. The van der Waals surface area contributed by atoms with Crippen molar-refractivity contribution < 1.29 is 4.79 Å². The number of rotatable bonds is 4. The van der Waals surface area contributed by atoms with E-state index < -0.39 is 0 Å². The van der Waals surface area contributed by atoms with E-state index in [2.05, 4.69) is 10.3 Å². The van der Waals surface area contributed by atoms with Gasteiger partial charge in [0.25, 0.3) is 0 Å². The first-order valence-corrected chi connectivity index (χ1v) is 8.61. The van der Waals surface area contributed by atoms with Crippen LogP contribution in [0.15, 0.2) is 84.9 Å². The van der Waals surface area contributed by atoms with E-state index in [0.717, 1.165) is 10.9 Å². The summed E-state index contributed by atoms with van der Waals surface area (Å²) in [5, 5.41) is 4.75. The van der Waals surface area contributed by atoms with Gasteiger partial charge in [-0.05, 0) is 18.2 Å². The predicted octanol–water partition coefficient (Wildman–Crippen LogP) is 5.86. The maximum Gasteiger partial charge on any atom is 0.195 e. The molecule has 1 aromatic heterocycles. The monoisotopic (exact) mass is 358 g/mol. The fraction of sp³-hybridized carbons (Fsp3) is 0. The highest BCUT2D eigenvalue weighted by Crippen LogP contribution is 2.28. The summed E-state index contributed by atoms with van der Waals surface area (Å²) in [6.45, 7) is 0. The van der Waals surface area contributed by atoms with Crippen molar-refractivity contribution in [3.63, 3.8) is 0 Å². The van der Waals surface area contributed by atoms with Gasteiger partial charge in [0.2, 0.25) is 0 Å². The van der Waals surface area contributed by atoms with Crippen molar-refractivity contribution in [3.05, 3.63) is 101 Å². The van der Waals surface area contributed by atoms with Crippen molar-refractivity contribution in [1.29, 1.82) is 0 Å². The number of para-hydroxylation sites is 2. The minimum absolute atomic E-state index is 0.0411. The van der Waals surface area contributed by atoms with E-state index in [1.807, 2.05) is 72.8 Å². The molecule has 0 amide bonds. The highest BCUT2D eigenvalue weighted by molar-refractivity contribution is 6.35. The molecule has 0 atom stereocenters. The van der Waals surface area contributed by atoms with E-state index in [1.54, 1.807) is 12.1 Å². The van der Waals surface area contributed by atoms with Crippen LogP contribution in [-0.4, -0.2) is 10.8 Å². The van der Waals surface area contributed by atoms with Crippen molar-refractivity contribution >= 4 is 39.8 Å². The molecule has 1 heterocycles. The third kappa shape index (κ3) is 3.17. The first-order valence-electron chi connectivity index (χ1n) is 8.23. The molecule has 0 aliphatic heterocycles. The quantitative estimate of drug-likeness (QED) is 0.464. The van der Waals surface area contributed by atoms with Crippen LogP contribution in [0, 0.1) is 0 Å². The Balaban J connectivity index is 1.73. The zero-order valence-corrected chi connectivity index (χ0v) is 14.6. The number of fused-ring (bicyclic) bond motifs is 1. The summed E-state index contributed by atoms with van der Waals surface area (Å²) in [6.07, 6.45) is 0. The van der Waals surface area contributed by atoms with Gasteiger partial charge in [-0.1, -0.05) is 72.3 Å². The number of pyridine rings is 1. The second-order valence-corrected chi connectivity index (χ2v) is 6.28. The lowest BCUT2D eigenvalue weighted by Crippen LogP contribution is -2.06. The summed E-state index contributed by atoms with van der Waals surface area (Å²) in [5.41, 5.74) is 2.73. The summed E-state index contributed by atoms with van der Waals surface area (Å²) in [6, 6.07) is 26.1. The maximum atomic E-state index is 12.9. The average Bonchev–Trinajstić information content (AvgIpc) is 2.69. The Hall–Kier alpha value is -3.17. The Morgan fingerprint density at radius 1 is 0.846 bits per heavy atom. The second kappa shape index (κ2) is 6.98. The lowest BCUT2D eigenvalue weighted by Gasteiger charge is -2.12. The number of aromatic nitrogens is 1. The molecule has 4 rings (SSSR count). The van der Waals surface area contributed by atoms with Gasteiger partial charge in [-0.2, -0.15) is 0 Å². The molecule has 0 saturated heterocycles. The molecule has 0 unspecified atom stereocenters. The van der Waals surface area contributed by atoms with Gasteiger partial charge in [0.1, 0.15) is 5.82 Å². The molecule has 0 saturated carbocycles. The normalized spacial score (nSPS) is 10.7. The lowest BCUT2D eigenvalue weighted by atomic mass is 10.0. The number of anilines is 2. The Morgan fingerprint density at radius 2 is 1.54 bits per heavy atom. The Bertz CT molecular complexity index is 1090. The topological polar surface area (TPSA) is 42.0 Å². The van der Waals surface area contributed by atoms with Gasteiger partial charge in [-0.15, -0.1) is 0 Å². The first kappa shape index (κ1) is 16.3. The molecule has 0 bridgehead atoms. The van der Waals surface area contributed by atoms with Crippen LogP contribution >= 0.6 is 11.6 Å². The number of nitrogens with one attached hydrogen (secondary N) is 1. The van der Waals surface area contributed by atoms with E-state index in [1.165, 1.54) is 0 Å². The summed E-state index contributed by atoms with van der Waals surface area (Å²) < 4.78 is 0. The van der Waals surface area contributed by atoms with Gasteiger partial charge in [0.05, 0.1) is 16.2 Å². The number of nitrogens with zero attached hydrogens (tertiary/aromatic N) is 1. The lowest BCUT2D eigenvalue weighted by molar-refractivity contribution is 0.103. The molecule has 3 aromatic carbocycles. The molecule has 0 aliphatic rings. The van der Waals surface area contributed by atoms with Crippen molar-refractivity contribution in [2.24, 2.45) is 0 Å². The predicted molar refractivity (Wildman–Crippen MR) is 106 cm³/mol. The number of halogens is 1. The van der Waals surface area contributed by atoms with Crippen molar-refractivity contribution in [2.75, 3.05) is 5.32 Å². The van der Waals surface area contributed by atoms with Gasteiger partial charge in [-0.3, -0.25) is 4.79 Å². The molecular formula is C22H15ClN2O. The van der Waals surface area contributed by atoms with E-state index in [4.69, 9.17) is 11.6 Å². The van der Waals surface area contributed by atoms with E-state index in [-0.39, 0.29) is 5.78 Å². The van der Waals surface area contributed by atoms with Crippen molar-refractivity contribution in [1.82, 2.24) is 4.98 Å². The van der Waals surface area contributed by atoms with Crippen LogP contribution in [0.2, 0.25) is 5.02 Å². The van der Waals surface area contributed by atoms with Crippen LogP contribution in [0.5, 0.6) is 0 Å². The van der Waals surface area contributed by atoms with Crippen LogP contribution < -0.4 is 5.32 Å². The number of hydrogen-bond donors (Lipinski definition) is 1. The minimum atomic E-state index is -0.0411. The van der Waals surface area contributed by atoms with E-state index in [0.29, 0.717) is 27.7 Å². The van der Waals surface area contributed by atoms with Crippen LogP contribution in [0.1, 0.15) is 15.9 Å². The highest BCUT2D eigenvalue weighted by atomic mass is 35.5. The number of carbonyl (C=O) groups is 1. The largest absolute Gasteiger partial charge is 0.340 e. The van der Waals surface area contributed by atoms with Crippen LogP contribution in [0.3, 0.4) is 0 Å². The van der Waals surface area contributed by atoms with Crippen LogP contribution in [-0.2, 0) is 0 Å². The van der Waals surface area contributed by atoms with Crippen LogP contribution in [0.25, 0.3) is 10.9 Å². The molecule has 4 heteroatoms. The smallest absolute Gasteiger partial charge is 0.195 e. The zero-order chi connectivity index (χ0) is 17.9. The average molecular weight is 359 g/mol. The van der Waals surface area contributed by atoms with Gasteiger partial charge in [0.15, 0.2) is 5.78 Å². The summed E-state index contributed by atoms with van der Waals surface area (Å²) in [7, 11) is 0. The van der Waals surface area contributed by atoms with Crippen LogP contribution in [0.4, 0.5) is 11.5 Å². The highest BCUT2D eigenvalue weighted by Gasteiger charge is 2.14. The minimum Gasteiger partial charge on any atom is -0.340 e. The third-order valence-electron chi connectivity index (χ3n) is 4.14. The molecule has 3 nitrogen and oxygen atoms in total. The second-order valence-electron chi connectivity index (χ2n) is 5.87. The van der Waals surface area contributed by atoms with E-state index in [9.17, 15) is 4.79 Å². The molecule has 126 valence electrons. The molecule has 0 aliphatic carbocycles. The van der Waals surface area contributed by atoms with Gasteiger partial charge in [-0.25, -0.2) is 4.98 Å². The number of ketones is 1. The first-order chi connectivity index (χ1) is 12.7. The molecule has 0 spiro atoms. The maximum absolute atomic E-state index is 12.9. The molecule has 26 heavy (non-hydrogen) atoms. The zero-order valence-electron chi connectivity index (χ0n) is 13.8. The van der Waals surface area contributed by atoms with Gasteiger partial charge in [0, 0.05) is 22.6 Å². The standard InChI is InChI=1S/C22H15ClN2O/c23-18-14-21(24-19-12-6-4-10-16(18)19)25-20-13-7-5-11-17(20)22(26)15-8-2-1-3-9-15/h1-14H,(H,24,25). The summed E-state index contributed by atoms with van der Waals surface area (Å²) in [5.74, 6) is 0.558. The molecule has 0 radical (unpaired) electrons. The molecule has 4 aromatic rings. The Kier molecular flexibility index (Phi) is 4.38. The Labute approximate surface area is 156 Å². The van der Waals surface area contributed by atoms with Crippen molar-refractivity contribution in [3.8, 4) is 0 Å². The molecule has 0 fully saturated rings. The molecular weight excluding hydrogens is 344 g/mol. The SMILES string of the molecule is O=C(c1ccccc1)c1ccccc1Nc1cc(Cl)c2ccccc2n1. The third-order valence-corrected chi connectivity index (χ3v) is 4.45.